The van der Waals surface area contributed by atoms with Crippen molar-refractivity contribution in [2.45, 2.75) is 0 Å². The van der Waals surface area contributed by atoms with Gasteiger partial charge in [0.2, 0.25) is 0 Å². The molecule has 2 aromatic rings. The molecule has 0 saturated carbocycles. The lowest BCUT2D eigenvalue weighted by Gasteiger charge is -2.09. The number of carboxylic acids is 2. The lowest BCUT2D eigenvalue weighted by atomic mass is 10.1. The van der Waals surface area contributed by atoms with E-state index >= 15 is 0 Å². The van der Waals surface area contributed by atoms with Gasteiger partial charge in [-0.1, -0.05) is 24.0 Å². The number of hydrogen-bond donors (Lipinski definition) is 3. The van der Waals surface area contributed by atoms with Crippen LogP contribution in [-0.2, 0) is 9.59 Å². The molecule has 3 N–H and O–H groups in total. The standard InChI is InChI=1S/C17H11NO7S2/c19-11-3-1-8(5-10(11)16(23)24)12-4-2-9(25-12)6-13-15(22)18(7-14(20)21)17(26)27-13/h1-6,19H,7H2,(H,20,21)(H,23,24)/b13-6-. The third-order valence-electron chi connectivity index (χ3n) is 3.58. The predicted molar refractivity (Wildman–Crippen MR) is 100 cm³/mol. The molecule has 1 amide bonds. The summed E-state index contributed by atoms with van der Waals surface area (Å²) in [6.45, 7) is -0.517. The van der Waals surface area contributed by atoms with Crippen LogP contribution >= 0.6 is 24.0 Å². The number of nitrogens with zero attached hydrogens (tertiary/aromatic N) is 1. The quantitative estimate of drug-likeness (QED) is 0.508. The second-order valence-electron chi connectivity index (χ2n) is 5.40. The predicted octanol–water partition coefficient (Wildman–Crippen LogP) is 2.64. The maximum Gasteiger partial charge on any atom is 0.339 e. The third-order valence-corrected chi connectivity index (χ3v) is 4.96. The minimum atomic E-state index is -1.27. The minimum absolute atomic E-state index is 0.144. The topological polar surface area (TPSA) is 128 Å². The van der Waals surface area contributed by atoms with Gasteiger partial charge in [0, 0.05) is 11.6 Å². The smallest absolute Gasteiger partial charge is 0.339 e. The molecule has 2 heterocycles. The summed E-state index contributed by atoms with van der Waals surface area (Å²) in [5.41, 5.74) is 0.170. The van der Waals surface area contributed by atoms with Crippen molar-refractivity contribution >= 4 is 52.2 Å². The van der Waals surface area contributed by atoms with Crippen LogP contribution in [0.3, 0.4) is 0 Å². The highest BCUT2D eigenvalue weighted by Crippen LogP contribution is 2.34. The lowest BCUT2D eigenvalue weighted by Crippen LogP contribution is -2.33. The van der Waals surface area contributed by atoms with Gasteiger partial charge in [-0.2, -0.15) is 0 Å². The maximum atomic E-state index is 12.2. The van der Waals surface area contributed by atoms with E-state index in [1.165, 1.54) is 24.3 Å². The van der Waals surface area contributed by atoms with Crippen LogP contribution in [0, 0.1) is 0 Å². The number of aromatic carboxylic acids is 1. The molecule has 1 fully saturated rings. The van der Waals surface area contributed by atoms with Gasteiger partial charge in [0.05, 0.1) is 4.91 Å². The number of hydrogen-bond acceptors (Lipinski definition) is 7. The Morgan fingerprint density at radius 2 is 1.96 bits per heavy atom. The summed E-state index contributed by atoms with van der Waals surface area (Å²) in [4.78, 5) is 35.4. The number of phenols is 1. The van der Waals surface area contributed by atoms with Crippen molar-refractivity contribution in [2.75, 3.05) is 6.54 Å². The number of rotatable bonds is 5. The van der Waals surface area contributed by atoms with Crippen LogP contribution < -0.4 is 0 Å². The fourth-order valence-corrected chi connectivity index (χ4v) is 3.58. The fourth-order valence-electron chi connectivity index (χ4n) is 2.35. The van der Waals surface area contributed by atoms with E-state index in [0.717, 1.165) is 16.7 Å². The van der Waals surface area contributed by atoms with E-state index in [9.17, 15) is 19.5 Å². The van der Waals surface area contributed by atoms with Gasteiger partial charge in [-0.05, 0) is 30.3 Å². The first-order valence-electron chi connectivity index (χ1n) is 7.40. The van der Waals surface area contributed by atoms with Crippen LogP contribution in [0.1, 0.15) is 16.1 Å². The molecule has 1 aliphatic rings. The lowest BCUT2D eigenvalue weighted by molar-refractivity contribution is -0.140. The Kier molecular flexibility index (Phi) is 5.02. The van der Waals surface area contributed by atoms with E-state index in [-0.39, 0.29) is 20.5 Å². The van der Waals surface area contributed by atoms with Crippen molar-refractivity contribution in [3.63, 3.8) is 0 Å². The normalized spacial score (nSPS) is 15.6. The van der Waals surface area contributed by atoms with Gasteiger partial charge < -0.3 is 19.7 Å². The summed E-state index contributed by atoms with van der Waals surface area (Å²) >= 11 is 5.98. The largest absolute Gasteiger partial charge is 0.507 e. The Labute approximate surface area is 161 Å². The van der Waals surface area contributed by atoms with Gasteiger partial charge in [0.25, 0.3) is 5.91 Å². The zero-order chi connectivity index (χ0) is 19.7. The van der Waals surface area contributed by atoms with Crippen LogP contribution in [0.5, 0.6) is 5.75 Å². The molecule has 0 spiro atoms. The summed E-state index contributed by atoms with van der Waals surface area (Å²) in [7, 11) is 0. The SMILES string of the molecule is O=C(O)CN1C(=O)/C(=C/c2ccc(-c3ccc(O)c(C(=O)O)c3)o2)SC1=S. The van der Waals surface area contributed by atoms with Crippen LogP contribution in [0.15, 0.2) is 39.7 Å². The van der Waals surface area contributed by atoms with E-state index in [2.05, 4.69) is 0 Å². The van der Waals surface area contributed by atoms with Crippen molar-refractivity contribution in [3.05, 3.63) is 46.6 Å². The van der Waals surface area contributed by atoms with E-state index < -0.39 is 24.4 Å². The number of thiocarbonyl (C=S) groups is 1. The number of amides is 1. The molecule has 8 nitrogen and oxygen atoms in total. The Morgan fingerprint density at radius 3 is 2.63 bits per heavy atom. The molecule has 27 heavy (non-hydrogen) atoms. The zero-order valence-corrected chi connectivity index (χ0v) is 15.0. The second-order valence-corrected chi connectivity index (χ2v) is 7.08. The molecule has 0 unspecified atom stereocenters. The molecule has 1 aliphatic heterocycles. The van der Waals surface area contributed by atoms with Crippen molar-refractivity contribution < 1.29 is 34.1 Å². The monoisotopic (exact) mass is 405 g/mol. The molecule has 138 valence electrons. The van der Waals surface area contributed by atoms with E-state index in [1.807, 2.05) is 0 Å². The van der Waals surface area contributed by atoms with Crippen LogP contribution in [-0.4, -0.2) is 48.9 Å². The number of carbonyl (C=O) groups excluding carboxylic acids is 1. The van der Waals surface area contributed by atoms with Crippen molar-refractivity contribution in [1.29, 1.82) is 0 Å². The molecule has 0 aliphatic carbocycles. The number of aromatic hydroxyl groups is 1. The van der Waals surface area contributed by atoms with E-state index in [1.54, 1.807) is 12.1 Å². The maximum absolute atomic E-state index is 12.2. The summed E-state index contributed by atoms with van der Waals surface area (Å²) in [5.74, 6) is -2.68. The molecular formula is C17H11NO7S2. The fraction of sp³-hybridized carbons (Fsp3) is 0.0588. The molecular weight excluding hydrogens is 394 g/mol. The first kappa shape index (κ1) is 18.7. The Morgan fingerprint density at radius 1 is 1.22 bits per heavy atom. The van der Waals surface area contributed by atoms with E-state index in [4.69, 9.17) is 26.8 Å². The molecule has 0 atom stereocenters. The number of furan rings is 1. The van der Waals surface area contributed by atoms with Gasteiger partial charge in [0.15, 0.2) is 0 Å². The average Bonchev–Trinajstić information content (AvgIpc) is 3.15. The molecule has 3 rings (SSSR count). The second kappa shape index (κ2) is 7.25. The number of carbonyl (C=O) groups is 3. The summed E-state index contributed by atoms with van der Waals surface area (Å²) in [5, 5.41) is 27.5. The molecule has 1 aromatic heterocycles. The van der Waals surface area contributed by atoms with E-state index in [0.29, 0.717) is 17.1 Å². The van der Waals surface area contributed by atoms with Crippen LogP contribution in [0.2, 0.25) is 0 Å². The minimum Gasteiger partial charge on any atom is -0.507 e. The highest BCUT2D eigenvalue weighted by Gasteiger charge is 2.33. The Bertz CT molecular complexity index is 1010. The van der Waals surface area contributed by atoms with Crippen LogP contribution in [0.4, 0.5) is 0 Å². The zero-order valence-electron chi connectivity index (χ0n) is 13.4. The van der Waals surface area contributed by atoms with Gasteiger partial charge in [0.1, 0.15) is 33.7 Å². The molecule has 0 radical (unpaired) electrons. The molecule has 10 heteroatoms. The van der Waals surface area contributed by atoms with Crippen LogP contribution in [0.25, 0.3) is 17.4 Å². The van der Waals surface area contributed by atoms with Crippen molar-refractivity contribution in [3.8, 4) is 17.1 Å². The summed E-state index contributed by atoms with van der Waals surface area (Å²) < 4.78 is 5.76. The highest BCUT2D eigenvalue weighted by atomic mass is 32.2. The third kappa shape index (κ3) is 3.86. The molecule has 1 aromatic carbocycles. The van der Waals surface area contributed by atoms with Crippen molar-refractivity contribution in [1.82, 2.24) is 4.90 Å². The first-order chi connectivity index (χ1) is 12.8. The highest BCUT2D eigenvalue weighted by molar-refractivity contribution is 8.26. The summed E-state index contributed by atoms with van der Waals surface area (Å²) in [6, 6.07) is 7.18. The van der Waals surface area contributed by atoms with Gasteiger partial charge in [-0.3, -0.25) is 14.5 Å². The first-order valence-corrected chi connectivity index (χ1v) is 8.62. The van der Waals surface area contributed by atoms with Gasteiger partial charge >= 0.3 is 11.9 Å². The van der Waals surface area contributed by atoms with Gasteiger partial charge in [-0.25, -0.2) is 4.79 Å². The Balaban J connectivity index is 1.87. The molecule has 1 saturated heterocycles. The number of thioether (sulfide) groups is 1. The number of aliphatic carboxylic acids is 1. The summed E-state index contributed by atoms with van der Waals surface area (Å²) in [6.07, 6.45) is 1.43. The number of carboxylic acid groups (broad SMARTS) is 2. The van der Waals surface area contributed by atoms with Gasteiger partial charge in [-0.15, -0.1) is 0 Å². The molecule has 0 bridgehead atoms. The van der Waals surface area contributed by atoms with Crippen molar-refractivity contribution in [2.24, 2.45) is 0 Å². The number of benzene rings is 1. The average molecular weight is 405 g/mol. The Hall–Kier alpha value is -3.11.